The number of amides is 2. The van der Waals surface area contributed by atoms with Crippen LogP contribution in [0.25, 0.3) is 0 Å². The Labute approximate surface area is 155 Å². The van der Waals surface area contributed by atoms with Gasteiger partial charge in [0.05, 0.1) is 19.3 Å². The summed E-state index contributed by atoms with van der Waals surface area (Å²) < 4.78 is 5.36. The lowest BCUT2D eigenvalue weighted by Gasteiger charge is -2.38. The average Bonchev–Trinajstić information content (AvgIpc) is 2.68. The number of piperazine rings is 1. The van der Waals surface area contributed by atoms with Crippen molar-refractivity contribution in [3.8, 4) is 5.75 Å². The van der Waals surface area contributed by atoms with Gasteiger partial charge in [-0.25, -0.2) is 0 Å². The number of rotatable bonds is 5. The van der Waals surface area contributed by atoms with Gasteiger partial charge in [0, 0.05) is 19.1 Å². The highest BCUT2D eigenvalue weighted by atomic mass is 16.5. The molecule has 1 atom stereocenters. The molecule has 0 radical (unpaired) electrons. The zero-order valence-electron chi connectivity index (χ0n) is 15.8. The van der Waals surface area contributed by atoms with Crippen molar-refractivity contribution < 1.29 is 14.3 Å². The molecule has 2 fully saturated rings. The highest BCUT2D eigenvalue weighted by Gasteiger charge is 2.31. The van der Waals surface area contributed by atoms with E-state index in [2.05, 4.69) is 11.8 Å². The number of piperidine rings is 1. The molecule has 0 saturated carbocycles. The molecule has 142 valence electrons. The van der Waals surface area contributed by atoms with Crippen LogP contribution in [0.5, 0.6) is 5.75 Å². The van der Waals surface area contributed by atoms with E-state index in [1.807, 2.05) is 24.3 Å². The zero-order valence-corrected chi connectivity index (χ0v) is 15.8. The van der Waals surface area contributed by atoms with Crippen molar-refractivity contribution in [1.82, 2.24) is 9.80 Å². The Balaban J connectivity index is 1.61. The Morgan fingerprint density at radius 2 is 2.00 bits per heavy atom. The molecule has 2 amide bonds. The van der Waals surface area contributed by atoms with Crippen LogP contribution in [0.15, 0.2) is 24.3 Å². The Kier molecular flexibility index (Phi) is 6.14. The molecule has 2 aliphatic rings. The van der Waals surface area contributed by atoms with Gasteiger partial charge in [0.25, 0.3) is 0 Å². The first-order valence-electron chi connectivity index (χ1n) is 9.59. The second-order valence-electron chi connectivity index (χ2n) is 7.06. The fourth-order valence-electron chi connectivity index (χ4n) is 4.00. The molecule has 1 aromatic rings. The summed E-state index contributed by atoms with van der Waals surface area (Å²) in [5.41, 5.74) is 0.772. The van der Waals surface area contributed by atoms with Gasteiger partial charge in [-0.2, -0.15) is 0 Å². The van der Waals surface area contributed by atoms with E-state index in [1.54, 1.807) is 16.9 Å². The normalized spacial score (nSPS) is 21.8. The van der Waals surface area contributed by atoms with Crippen molar-refractivity contribution in [3.05, 3.63) is 24.3 Å². The zero-order chi connectivity index (χ0) is 18.5. The largest absolute Gasteiger partial charge is 0.495 e. The molecule has 1 aromatic carbocycles. The number of hydrogen-bond acceptors (Lipinski definition) is 4. The number of carbonyl (C=O) groups excluding carboxylic acids is 2. The standard InChI is InChI=1S/C20H29N3O3/c1-3-16-8-6-7-11-21(16)14-19(24)22-12-13-23(20(25)15-22)17-9-4-5-10-18(17)26-2/h4-5,9-10,16H,3,6-8,11-15H2,1-2H3. The first-order chi connectivity index (χ1) is 12.6. The molecule has 1 unspecified atom stereocenters. The number of benzene rings is 1. The number of nitrogens with zero attached hydrogens (tertiary/aromatic N) is 3. The molecule has 0 aromatic heterocycles. The van der Waals surface area contributed by atoms with Crippen molar-refractivity contribution in [1.29, 1.82) is 0 Å². The van der Waals surface area contributed by atoms with Gasteiger partial charge in [-0.1, -0.05) is 25.5 Å². The van der Waals surface area contributed by atoms with E-state index < -0.39 is 0 Å². The van der Waals surface area contributed by atoms with Gasteiger partial charge in [0.1, 0.15) is 12.3 Å². The van der Waals surface area contributed by atoms with E-state index in [4.69, 9.17) is 4.74 Å². The number of likely N-dealkylation sites (tertiary alicyclic amines) is 1. The Bertz CT molecular complexity index is 649. The van der Waals surface area contributed by atoms with Crippen LogP contribution < -0.4 is 9.64 Å². The number of carbonyl (C=O) groups is 2. The van der Waals surface area contributed by atoms with Crippen molar-refractivity contribution in [2.45, 2.75) is 38.6 Å². The van der Waals surface area contributed by atoms with Crippen LogP contribution in [0.2, 0.25) is 0 Å². The number of ether oxygens (including phenoxy) is 1. The molecule has 6 heteroatoms. The van der Waals surface area contributed by atoms with Gasteiger partial charge >= 0.3 is 0 Å². The summed E-state index contributed by atoms with van der Waals surface area (Å²) in [6.07, 6.45) is 4.65. The number of anilines is 1. The highest BCUT2D eigenvalue weighted by molar-refractivity contribution is 5.99. The van der Waals surface area contributed by atoms with Crippen LogP contribution >= 0.6 is 0 Å². The molecule has 2 aliphatic heterocycles. The minimum atomic E-state index is -0.0558. The molecule has 0 N–H and O–H groups in total. The fourth-order valence-corrected chi connectivity index (χ4v) is 4.00. The summed E-state index contributed by atoms with van der Waals surface area (Å²) in [5.74, 6) is 0.692. The highest BCUT2D eigenvalue weighted by Crippen LogP contribution is 2.29. The molecular weight excluding hydrogens is 330 g/mol. The van der Waals surface area contributed by atoms with Crippen molar-refractivity contribution in [3.63, 3.8) is 0 Å². The predicted octanol–water partition coefficient (Wildman–Crippen LogP) is 2.13. The number of methoxy groups -OCH3 is 1. The quantitative estimate of drug-likeness (QED) is 0.808. The summed E-state index contributed by atoms with van der Waals surface area (Å²) in [6.45, 7) is 4.81. The number of hydrogen-bond donors (Lipinski definition) is 0. The Hall–Kier alpha value is -2.08. The van der Waals surface area contributed by atoms with Gasteiger partial charge in [-0.15, -0.1) is 0 Å². The summed E-state index contributed by atoms with van der Waals surface area (Å²) >= 11 is 0. The Morgan fingerprint density at radius 3 is 2.73 bits per heavy atom. The molecular formula is C20H29N3O3. The van der Waals surface area contributed by atoms with E-state index in [-0.39, 0.29) is 18.4 Å². The molecule has 2 saturated heterocycles. The third kappa shape index (κ3) is 4.01. The van der Waals surface area contributed by atoms with E-state index in [0.29, 0.717) is 31.4 Å². The van der Waals surface area contributed by atoms with Gasteiger partial charge < -0.3 is 14.5 Å². The minimum Gasteiger partial charge on any atom is -0.495 e. The molecule has 26 heavy (non-hydrogen) atoms. The van der Waals surface area contributed by atoms with Crippen molar-refractivity contribution >= 4 is 17.5 Å². The topological polar surface area (TPSA) is 53.1 Å². The lowest BCUT2D eigenvalue weighted by atomic mass is 10.00. The molecule has 0 spiro atoms. The van der Waals surface area contributed by atoms with Crippen LogP contribution in [0.1, 0.15) is 32.6 Å². The van der Waals surface area contributed by atoms with Crippen molar-refractivity contribution in [2.75, 3.05) is 44.7 Å². The van der Waals surface area contributed by atoms with Crippen LogP contribution in [-0.4, -0.2) is 67.5 Å². The maximum atomic E-state index is 12.7. The van der Waals surface area contributed by atoms with Crippen LogP contribution in [-0.2, 0) is 9.59 Å². The van der Waals surface area contributed by atoms with Gasteiger partial charge in [0.2, 0.25) is 11.8 Å². The van der Waals surface area contributed by atoms with Crippen LogP contribution in [0.3, 0.4) is 0 Å². The van der Waals surface area contributed by atoms with Crippen LogP contribution in [0, 0.1) is 0 Å². The minimum absolute atomic E-state index is 0.0558. The van der Waals surface area contributed by atoms with Crippen LogP contribution in [0.4, 0.5) is 5.69 Å². The lowest BCUT2D eigenvalue weighted by Crippen LogP contribution is -2.55. The first-order valence-corrected chi connectivity index (χ1v) is 9.59. The maximum Gasteiger partial charge on any atom is 0.246 e. The fraction of sp³-hybridized carbons (Fsp3) is 0.600. The maximum absolute atomic E-state index is 12.7. The summed E-state index contributed by atoms with van der Waals surface area (Å²) in [4.78, 5) is 31.1. The summed E-state index contributed by atoms with van der Waals surface area (Å²) in [5, 5.41) is 0. The SMILES string of the molecule is CCC1CCCCN1CC(=O)N1CCN(c2ccccc2OC)C(=O)C1. The second kappa shape index (κ2) is 8.54. The van der Waals surface area contributed by atoms with Crippen molar-refractivity contribution in [2.24, 2.45) is 0 Å². The van der Waals surface area contributed by atoms with E-state index in [0.717, 1.165) is 25.1 Å². The van der Waals surface area contributed by atoms with E-state index in [1.165, 1.54) is 12.8 Å². The first kappa shape index (κ1) is 18.7. The smallest absolute Gasteiger partial charge is 0.246 e. The van der Waals surface area contributed by atoms with Gasteiger partial charge in [-0.05, 0) is 37.9 Å². The van der Waals surface area contributed by atoms with E-state index in [9.17, 15) is 9.59 Å². The predicted molar refractivity (Wildman–Crippen MR) is 101 cm³/mol. The molecule has 6 nitrogen and oxygen atoms in total. The third-order valence-electron chi connectivity index (χ3n) is 5.51. The molecule has 0 aliphatic carbocycles. The molecule has 0 bridgehead atoms. The van der Waals surface area contributed by atoms with Gasteiger partial charge in [0.15, 0.2) is 0 Å². The van der Waals surface area contributed by atoms with E-state index >= 15 is 0 Å². The Morgan fingerprint density at radius 1 is 1.19 bits per heavy atom. The molecule has 3 rings (SSSR count). The lowest BCUT2D eigenvalue weighted by molar-refractivity contribution is -0.138. The third-order valence-corrected chi connectivity index (χ3v) is 5.51. The monoisotopic (exact) mass is 359 g/mol. The van der Waals surface area contributed by atoms with Gasteiger partial charge in [-0.3, -0.25) is 14.5 Å². The molecule has 2 heterocycles. The summed E-state index contributed by atoms with van der Waals surface area (Å²) in [7, 11) is 1.60. The second-order valence-corrected chi connectivity index (χ2v) is 7.06. The summed E-state index contributed by atoms with van der Waals surface area (Å²) in [6, 6.07) is 8.01. The average molecular weight is 359 g/mol. The number of para-hydroxylation sites is 2.